The maximum Gasteiger partial charge on any atom is 0.160 e. The molecule has 0 aromatic heterocycles. The van der Waals surface area contributed by atoms with Crippen molar-refractivity contribution in [3.63, 3.8) is 0 Å². The Labute approximate surface area is 243 Å². The molecule has 0 aliphatic carbocycles. The van der Waals surface area contributed by atoms with Crippen LogP contribution in [0.4, 0.5) is 11.4 Å². The van der Waals surface area contributed by atoms with Gasteiger partial charge in [0.1, 0.15) is 11.6 Å². The Balaban J connectivity index is 1.75. The predicted molar refractivity (Wildman–Crippen MR) is 174 cm³/mol. The molecule has 0 fully saturated rings. The molecule has 3 aromatic rings. The first-order valence-electron chi connectivity index (χ1n) is 13.1. The van der Waals surface area contributed by atoms with Gasteiger partial charge in [-0.2, -0.15) is 0 Å². The van der Waals surface area contributed by atoms with Crippen LogP contribution in [0.25, 0.3) is 0 Å². The first-order valence-corrected chi connectivity index (χ1v) is 14.6. The van der Waals surface area contributed by atoms with E-state index in [1.165, 1.54) is 6.07 Å². The normalized spacial score (nSPS) is 13.0. The molecule has 214 valence electrons. The van der Waals surface area contributed by atoms with E-state index >= 15 is 0 Å². The molecule has 0 amide bonds. The summed E-state index contributed by atoms with van der Waals surface area (Å²) in [5.74, 6) is 0.349. The smallest absolute Gasteiger partial charge is 0.160 e. The van der Waals surface area contributed by atoms with Gasteiger partial charge in [0, 0.05) is 59.5 Å². The number of aromatic hydroxyl groups is 3. The number of allylic oxidation sites excluding steroid dienone is 4. The molecule has 0 aliphatic heterocycles. The van der Waals surface area contributed by atoms with E-state index in [1.54, 1.807) is 32.2 Å². The summed E-state index contributed by atoms with van der Waals surface area (Å²) >= 11 is 0. The van der Waals surface area contributed by atoms with Gasteiger partial charge in [0.2, 0.25) is 0 Å². The van der Waals surface area contributed by atoms with Gasteiger partial charge in [-0.15, -0.1) is 0 Å². The van der Waals surface area contributed by atoms with E-state index in [-0.39, 0.29) is 17.2 Å². The predicted octanol–water partition coefficient (Wildman–Crippen LogP) is 6.83. The number of hydrogen-bond donors (Lipinski definition) is 6. The third-order valence-corrected chi connectivity index (χ3v) is 7.14. The number of nitrogens with one attached hydrogen (secondary N) is 3. The summed E-state index contributed by atoms with van der Waals surface area (Å²) in [4.78, 5) is 9.02. The molecule has 3 aromatic carbocycles. The van der Waals surface area contributed by atoms with Gasteiger partial charge in [0.15, 0.2) is 11.5 Å². The van der Waals surface area contributed by atoms with E-state index in [0.29, 0.717) is 43.5 Å². The maximum absolute atomic E-state index is 10.5. The van der Waals surface area contributed by atoms with Gasteiger partial charge in [-0.25, -0.2) is 0 Å². The van der Waals surface area contributed by atoms with Crippen LogP contribution >= 0.6 is 8.58 Å². The number of para-hydroxylation sites is 1. The zero-order valence-corrected chi connectivity index (χ0v) is 25.1. The Morgan fingerprint density at radius 3 is 2.37 bits per heavy atom. The van der Waals surface area contributed by atoms with Crippen molar-refractivity contribution in [2.75, 3.05) is 24.3 Å². The van der Waals surface area contributed by atoms with Crippen molar-refractivity contribution in [3.8, 4) is 17.2 Å². The lowest BCUT2D eigenvalue weighted by Gasteiger charge is -2.15. The lowest BCUT2D eigenvalue weighted by molar-refractivity contribution is 0.401. The van der Waals surface area contributed by atoms with Crippen LogP contribution in [0.5, 0.6) is 17.2 Å². The molecule has 0 saturated heterocycles. The van der Waals surface area contributed by atoms with Gasteiger partial charge in [-0.3, -0.25) is 9.98 Å². The molecule has 0 radical (unpaired) electrons. The monoisotopic (exact) mass is 571 g/mol. The molecular weight excluding hydrogens is 533 g/mol. The second kappa shape index (κ2) is 14.7. The fourth-order valence-corrected chi connectivity index (χ4v) is 4.71. The van der Waals surface area contributed by atoms with Crippen LogP contribution in [0.2, 0.25) is 0 Å². The Morgan fingerprint density at radius 1 is 0.951 bits per heavy atom. The average Bonchev–Trinajstić information content (AvgIpc) is 2.93. The number of hydrogen-bond acceptors (Lipinski definition) is 8. The van der Waals surface area contributed by atoms with Crippen LogP contribution in [0.15, 0.2) is 106 Å². The molecule has 1 unspecified atom stereocenters. The standard InChI is InChI=1S/C32H38N5O3P/c1-20-14-26(17-30(39)32(20)40)37-23(4)36-25-11-9-10-24(16-25)18-34-21(2)15-28(27-12-7-8-13-29(27)38)35-22(3)31(41-6)19-33-5/h7-17,19,34,36-41H,4,18H2,1-3,5-6H3/b21-15+,31-22-,33-19?,35-28-. The molecule has 41 heavy (non-hydrogen) atoms. The Morgan fingerprint density at radius 2 is 1.68 bits per heavy atom. The highest BCUT2D eigenvalue weighted by atomic mass is 31.1. The minimum absolute atomic E-state index is 0.138. The molecule has 6 N–H and O–H groups in total. The largest absolute Gasteiger partial charge is 0.507 e. The molecule has 0 bridgehead atoms. The third-order valence-electron chi connectivity index (χ3n) is 6.11. The van der Waals surface area contributed by atoms with Crippen LogP contribution in [-0.2, 0) is 6.54 Å². The van der Waals surface area contributed by atoms with Crippen molar-refractivity contribution in [2.24, 2.45) is 9.98 Å². The van der Waals surface area contributed by atoms with E-state index in [2.05, 4.69) is 34.2 Å². The molecule has 0 heterocycles. The van der Waals surface area contributed by atoms with E-state index in [0.717, 1.165) is 28.0 Å². The summed E-state index contributed by atoms with van der Waals surface area (Å²) in [6.07, 6.45) is 3.76. The fraction of sp³-hybridized carbons (Fsp3) is 0.188. The van der Waals surface area contributed by atoms with Crippen LogP contribution in [0.1, 0.15) is 30.5 Å². The number of benzene rings is 3. The fourth-order valence-electron chi connectivity index (χ4n) is 4.04. The maximum atomic E-state index is 10.5. The number of nitrogens with zero attached hydrogens (tertiary/aromatic N) is 2. The molecule has 8 nitrogen and oxygen atoms in total. The number of phenolic OH excluding ortho intramolecular Hbond substituents is 3. The summed E-state index contributed by atoms with van der Waals surface area (Å²) in [5.41, 5.74) is 6.08. The van der Waals surface area contributed by atoms with Gasteiger partial charge < -0.3 is 31.3 Å². The van der Waals surface area contributed by atoms with Gasteiger partial charge in [0.05, 0.1) is 5.71 Å². The minimum Gasteiger partial charge on any atom is -0.507 e. The first-order chi connectivity index (χ1) is 19.6. The van der Waals surface area contributed by atoms with Crippen molar-refractivity contribution in [2.45, 2.75) is 27.3 Å². The number of anilines is 2. The number of phenols is 3. The molecular formula is C32H38N5O3P. The summed E-state index contributed by atoms with van der Waals surface area (Å²) in [6.45, 7) is 12.3. The summed E-state index contributed by atoms with van der Waals surface area (Å²) < 4.78 is 0. The van der Waals surface area contributed by atoms with Gasteiger partial charge >= 0.3 is 0 Å². The summed E-state index contributed by atoms with van der Waals surface area (Å²) in [7, 11) is 2.28. The highest BCUT2D eigenvalue weighted by Gasteiger charge is 2.10. The van der Waals surface area contributed by atoms with Crippen molar-refractivity contribution < 1.29 is 15.3 Å². The zero-order chi connectivity index (χ0) is 29.9. The number of aliphatic imine (C=N–C) groups is 2. The Kier molecular flexibility index (Phi) is 11.1. The molecule has 9 heteroatoms. The highest BCUT2D eigenvalue weighted by Crippen LogP contribution is 2.32. The second-order valence-electron chi connectivity index (χ2n) is 9.42. The highest BCUT2D eigenvalue weighted by molar-refractivity contribution is 7.43. The average molecular weight is 572 g/mol. The molecule has 0 spiro atoms. The van der Waals surface area contributed by atoms with E-state index in [1.807, 2.05) is 62.5 Å². The van der Waals surface area contributed by atoms with Crippen molar-refractivity contribution in [1.29, 1.82) is 0 Å². The molecule has 1 atom stereocenters. The first kappa shape index (κ1) is 31.0. The van der Waals surface area contributed by atoms with Crippen LogP contribution in [-0.4, -0.2) is 41.0 Å². The SMILES string of the molecule is C=C(Nc1cccc(CN/C(C)=C/C(=N/C(C)=C(/C=NC)PC)c2ccccc2O)c1)Nc1cc(C)c(O)c(O)c1. The van der Waals surface area contributed by atoms with Crippen LogP contribution < -0.4 is 16.0 Å². The lowest BCUT2D eigenvalue weighted by atomic mass is 10.1. The van der Waals surface area contributed by atoms with E-state index < -0.39 is 0 Å². The van der Waals surface area contributed by atoms with Crippen LogP contribution in [0.3, 0.4) is 0 Å². The Hall–Kier alpha value is -4.55. The molecule has 0 aliphatic rings. The minimum atomic E-state index is -0.195. The van der Waals surface area contributed by atoms with E-state index in [4.69, 9.17) is 4.99 Å². The van der Waals surface area contributed by atoms with Crippen LogP contribution in [0, 0.1) is 6.92 Å². The summed E-state index contributed by atoms with van der Waals surface area (Å²) in [6, 6.07) is 18.3. The topological polar surface area (TPSA) is 122 Å². The van der Waals surface area contributed by atoms with Crippen molar-refractivity contribution >= 4 is 31.9 Å². The van der Waals surface area contributed by atoms with E-state index in [9.17, 15) is 15.3 Å². The number of rotatable bonds is 12. The van der Waals surface area contributed by atoms with Crippen molar-refractivity contribution in [1.82, 2.24) is 5.32 Å². The van der Waals surface area contributed by atoms with Gasteiger partial charge in [0.25, 0.3) is 0 Å². The van der Waals surface area contributed by atoms with Crippen molar-refractivity contribution in [3.05, 3.63) is 113 Å². The quantitative estimate of drug-likeness (QED) is 0.0613. The number of aryl methyl sites for hydroxylation is 1. The second-order valence-corrected chi connectivity index (χ2v) is 10.5. The van der Waals surface area contributed by atoms with Gasteiger partial charge in [-0.1, -0.05) is 39.4 Å². The Bertz CT molecular complexity index is 1500. The van der Waals surface area contributed by atoms with Gasteiger partial charge in [-0.05, 0) is 75.0 Å². The molecule has 3 rings (SSSR count). The third kappa shape index (κ3) is 8.98. The lowest BCUT2D eigenvalue weighted by Crippen LogP contribution is -2.13. The zero-order valence-electron chi connectivity index (χ0n) is 24.1. The molecule has 0 saturated carbocycles. The summed E-state index contributed by atoms with van der Waals surface area (Å²) in [5, 5.41) is 41.0.